The summed E-state index contributed by atoms with van der Waals surface area (Å²) in [5, 5.41) is 0.714. The van der Waals surface area contributed by atoms with Gasteiger partial charge >= 0.3 is 0 Å². The van der Waals surface area contributed by atoms with E-state index < -0.39 is 0 Å². The Morgan fingerprint density at radius 2 is 1.78 bits per heavy atom. The summed E-state index contributed by atoms with van der Waals surface area (Å²) in [7, 11) is 0. The van der Waals surface area contributed by atoms with Crippen LogP contribution in [-0.4, -0.2) is 40.7 Å². The van der Waals surface area contributed by atoms with Gasteiger partial charge in [-0.15, -0.1) is 0 Å². The van der Waals surface area contributed by atoms with E-state index in [1.54, 1.807) is 18.8 Å². The van der Waals surface area contributed by atoms with Crippen molar-refractivity contribution in [3.05, 3.63) is 47.3 Å². The Morgan fingerprint density at radius 1 is 1.00 bits per heavy atom. The average Bonchev–Trinajstić information content (AvgIpc) is 3.42. The Morgan fingerprint density at radius 3 is 2.52 bits per heavy atom. The minimum Gasteiger partial charge on any atom is -0.432 e. The van der Waals surface area contributed by atoms with Crippen LogP contribution in [0, 0.1) is 0 Å². The molecule has 0 unspecified atom stereocenters. The summed E-state index contributed by atoms with van der Waals surface area (Å²) in [5.74, 6) is 0. The number of benzene rings is 1. The molecule has 140 valence electrons. The number of anilines is 2. The zero-order valence-corrected chi connectivity index (χ0v) is 15.3. The van der Waals surface area contributed by atoms with E-state index in [0.29, 0.717) is 17.4 Å². The average molecular weight is 365 g/mol. The molecule has 7 heteroatoms. The maximum atomic E-state index is 12.9. The van der Waals surface area contributed by atoms with Crippen molar-refractivity contribution in [1.29, 1.82) is 0 Å². The van der Waals surface area contributed by atoms with Gasteiger partial charge in [0.2, 0.25) is 0 Å². The Kier molecular flexibility index (Phi) is 4.07. The highest BCUT2D eigenvalue weighted by Gasteiger charge is 2.22. The molecule has 3 heterocycles. The van der Waals surface area contributed by atoms with Crippen molar-refractivity contribution in [3.8, 4) is 0 Å². The van der Waals surface area contributed by atoms with Crippen LogP contribution >= 0.6 is 0 Å². The minimum absolute atomic E-state index is 0.0900. The van der Waals surface area contributed by atoms with Gasteiger partial charge in [0.1, 0.15) is 6.26 Å². The van der Waals surface area contributed by atoms with Crippen LogP contribution in [0.1, 0.15) is 31.7 Å². The van der Waals surface area contributed by atoms with Crippen LogP contribution in [0.4, 0.5) is 11.7 Å². The molecule has 2 fully saturated rings. The monoisotopic (exact) mass is 365 g/mol. The number of hydrogen-bond donors (Lipinski definition) is 0. The number of nitrogens with zero attached hydrogens (tertiary/aromatic N) is 5. The molecule has 1 aliphatic heterocycles. The van der Waals surface area contributed by atoms with E-state index in [4.69, 9.17) is 4.42 Å². The summed E-state index contributed by atoms with van der Waals surface area (Å²) < 4.78 is 7.22. The zero-order chi connectivity index (χ0) is 18.2. The van der Waals surface area contributed by atoms with Gasteiger partial charge in [0.25, 0.3) is 11.6 Å². The molecule has 0 N–H and O–H groups in total. The summed E-state index contributed by atoms with van der Waals surface area (Å²) in [6.07, 6.45) is 9.59. The zero-order valence-electron chi connectivity index (χ0n) is 15.3. The van der Waals surface area contributed by atoms with Crippen molar-refractivity contribution in [2.45, 2.75) is 31.7 Å². The Labute approximate surface area is 157 Å². The first kappa shape index (κ1) is 16.4. The molecule has 0 amide bonds. The third-order valence-electron chi connectivity index (χ3n) is 5.82. The van der Waals surface area contributed by atoms with E-state index in [2.05, 4.69) is 19.8 Å². The maximum absolute atomic E-state index is 12.9. The van der Waals surface area contributed by atoms with E-state index in [-0.39, 0.29) is 5.56 Å². The highest BCUT2D eigenvalue weighted by Crippen LogP contribution is 2.29. The van der Waals surface area contributed by atoms with Crippen molar-refractivity contribution < 1.29 is 4.42 Å². The lowest BCUT2D eigenvalue weighted by Gasteiger charge is -2.35. The number of hydrogen-bond acceptors (Lipinski definition) is 6. The first-order valence-electron chi connectivity index (χ1n) is 9.70. The molecule has 2 aliphatic rings. The van der Waals surface area contributed by atoms with Crippen LogP contribution in [0.2, 0.25) is 0 Å². The standard InChI is InChI=1S/C20H23N5O2/c26-19-17-6-5-16(13-18(17)22-14-25(19)15-3-1-2-4-15)23-8-10-24(11-9-23)20-21-7-12-27-20/h5-7,12-15H,1-4,8-11H2. The van der Waals surface area contributed by atoms with Gasteiger partial charge in [-0.1, -0.05) is 12.8 Å². The molecule has 5 rings (SSSR count). The number of piperazine rings is 1. The highest BCUT2D eigenvalue weighted by atomic mass is 16.4. The number of fused-ring (bicyclic) bond motifs is 1. The van der Waals surface area contributed by atoms with Crippen LogP contribution in [0.3, 0.4) is 0 Å². The second kappa shape index (κ2) is 6.72. The molecular formula is C20H23N5O2. The molecular weight excluding hydrogens is 342 g/mol. The van der Waals surface area contributed by atoms with Crippen LogP contribution < -0.4 is 15.4 Å². The Hall–Kier alpha value is -2.83. The molecule has 27 heavy (non-hydrogen) atoms. The first-order valence-corrected chi connectivity index (χ1v) is 9.70. The summed E-state index contributed by atoms with van der Waals surface area (Å²) >= 11 is 0. The van der Waals surface area contributed by atoms with Crippen molar-refractivity contribution in [2.75, 3.05) is 36.0 Å². The van der Waals surface area contributed by atoms with E-state index in [0.717, 1.165) is 50.2 Å². The third-order valence-corrected chi connectivity index (χ3v) is 5.82. The SMILES string of the molecule is O=c1c2ccc(N3CCN(c4ncco4)CC3)cc2ncn1C1CCCC1. The molecule has 0 spiro atoms. The van der Waals surface area contributed by atoms with E-state index in [1.165, 1.54) is 12.8 Å². The number of rotatable bonds is 3. The van der Waals surface area contributed by atoms with Crippen LogP contribution in [-0.2, 0) is 0 Å². The molecule has 1 saturated heterocycles. The molecule has 7 nitrogen and oxygen atoms in total. The van der Waals surface area contributed by atoms with Crippen LogP contribution in [0.5, 0.6) is 0 Å². The summed E-state index contributed by atoms with van der Waals surface area (Å²) in [4.78, 5) is 26.2. The minimum atomic E-state index is 0.0900. The smallest absolute Gasteiger partial charge is 0.297 e. The Balaban J connectivity index is 1.37. The van der Waals surface area contributed by atoms with E-state index in [9.17, 15) is 4.79 Å². The van der Waals surface area contributed by atoms with Gasteiger partial charge in [-0.2, -0.15) is 0 Å². The molecule has 0 atom stereocenters. The predicted molar refractivity (Wildman–Crippen MR) is 104 cm³/mol. The first-order chi connectivity index (χ1) is 13.3. The summed E-state index contributed by atoms with van der Waals surface area (Å²) in [5.41, 5.74) is 1.98. The van der Waals surface area contributed by atoms with Crippen LogP contribution in [0.25, 0.3) is 10.9 Å². The van der Waals surface area contributed by atoms with E-state index >= 15 is 0 Å². The van der Waals surface area contributed by atoms with Gasteiger partial charge in [-0.25, -0.2) is 9.97 Å². The Bertz CT molecular complexity index is 983. The number of oxazole rings is 1. The van der Waals surface area contributed by atoms with Gasteiger partial charge < -0.3 is 14.2 Å². The van der Waals surface area contributed by atoms with Gasteiger partial charge in [-0.05, 0) is 31.0 Å². The van der Waals surface area contributed by atoms with Crippen molar-refractivity contribution >= 4 is 22.6 Å². The van der Waals surface area contributed by atoms with Gasteiger partial charge in [0.05, 0.1) is 23.4 Å². The third kappa shape index (κ3) is 2.97. The maximum Gasteiger partial charge on any atom is 0.297 e. The molecule has 1 saturated carbocycles. The lowest BCUT2D eigenvalue weighted by Crippen LogP contribution is -2.46. The normalized spacial score (nSPS) is 18.5. The van der Waals surface area contributed by atoms with Gasteiger partial charge in [0.15, 0.2) is 0 Å². The van der Waals surface area contributed by atoms with Gasteiger partial charge in [0, 0.05) is 37.9 Å². The highest BCUT2D eigenvalue weighted by molar-refractivity contribution is 5.81. The fourth-order valence-corrected chi connectivity index (χ4v) is 4.29. The second-order valence-corrected chi connectivity index (χ2v) is 7.39. The lowest BCUT2D eigenvalue weighted by atomic mass is 10.1. The molecule has 2 aromatic heterocycles. The lowest BCUT2D eigenvalue weighted by molar-refractivity contribution is 0.499. The topological polar surface area (TPSA) is 67.4 Å². The van der Waals surface area contributed by atoms with Gasteiger partial charge in [-0.3, -0.25) is 9.36 Å². The molecule has 3 aromatic rings. The van der Waals surface area contributed by atoms with Crippen molar-refractivity contribution in [1.82, 2.24) is 14.5 Å². The fraction of sp³-hybridized carbons (Fsp3) is 0.450. The largest absolute Gasteiger partial charge is 0.432 e. The molecule has 0 radical (unpaired) electrons. The van der Waals surface area contributed by atoms with Crippen LogP contribution in [0.15, 0.2) is 46.2 Å². The van der Waals surface area contributed by atoms with E-state index in [1.807, 2.05) is 22.8 Å². The molecule has 0 bridgehead atoms. The molecule has 1 aliphatic carbocycles. The molecule has 1 aromatic carbocycles. The second-order valence-electron chi connectivity index (χ2n) is 7.39. The fourth-order valence-electron chi connectivity index (χ4n) is 4.29. The summed E-state index contributed by atoms with van der Waals surface area (Å²) in [6, 6.07) is 7.02. The quantitative estimate of drug-likeness (QED) is 0.711. The predicted octanol–water partition coefficient (Wildman–Crippen LogP) is 2.83. The van der Waals surface area contributed by atoms with Crippen molar-refractivity contribution in [3.63, 3.8) is 0 Å². The van der Waals surface area contributed by atoms with Crippen molar-refractivity contribution in [2.24, 2.45) is 0 Å². The number of aromatic nitrogens is 3. The summed E-state index contributed by atoms with van der Waals surface area (Å²) in [6.45, 7) is 3.48.